The standard InChI is InChI=1S/C14H8BrF3O/c15-9-1-3-12(17)8(5-9)6-14(19)11-7-10(16)2-4-13(11)18/h1-5,7H,6H2. The van der Waals surface area contributed by atoms with Gasteiger partial charge in [-0.3, -0.25) is 4.79 Å². The van der Waals surface area contributed by atoms with Crippen LogP contribution in [0.5, 0.6) is 0 Å². The summed E-state index contributed by atoms with van der Waals surface area (Å²) in [4.78, 5) is 11.9. The van der Waals surface area contributed by atoms with Crippen LogP contribution >= 0.6 is 15.9 Å². The maximum atomic E-state index is 13.5. The van der Waals surface area contributed by atoms with Crippen LogP contribution in [0.3, 0.4) is 0 Å². The maximum absolute atomic E-state index is 13.5. The highest BCUT2D eigenvalue weighted by Crippen LogP contribution is 2.19. The molecular formula is C14H8BrF3O. The molecule has 0 amide bonds. The van der Waals surface area contributed by atoms with Crippen molar-refractivity contribution in [2.75, 3.05) is 0 Å². The van der Waals surface area contributed by atoms with Gasteiger partial charge in [-0.05, 0) is 42.0 Å². The minimum Gasteiger partial charge on any atom is -0.294 e. The molecule has 0 aliphatic heterocycles. The Morgan fingerprint density at radius 3 is 2.42 bits per heavy atom. The topological polar surface area (TPSA) is 17.1 Å². The van der Waals surface area contributed by atoms with E-state index in [-0.39, 0.29) is 17.5 Å². The molecule has 0 radical (unpaired) electrons. The first-order valence-electron chi connectivity index (χ1n) is 5.39. The molecule has 2 aromatic carbocycles. The van der Waals surface area contributed by atoms with Gasteiger partial charge in [0.15, 0.2) is 5.78 Å². The predicted molar refractivity (Wildman–Crippen MR) is 68.5 cm³/mol. The molecule has 0 fully saturated rings. The summed E-state index contributed by atoms with van der Waals surface area (Å²) in [6, 6.07) is 6.74. The van der Waals surface area contributed by atoms with Crippen molar-refractivity contribution in [3.05, 3.63) is 69.4 Å². The van der Waals surface area contributed by atoms with E-state index >= 15 is 0 Å². The highest BCUT2D eigenvalue weighted by atomic mass is 79.9. The van der Waals surface area contributed by atoms with E-state index in [2.05, 4.69) is 15.9 Å². The van der Waals surface area contributed by atoms with E-state index in [1.807, 2.05) is 0 Å². The molecule has 0 aromatic heterocycles. The van der Waals surface area contributed by atoms with Crippen molar-refractivity contribution in [1.82, 2.24) is 0 Å². The van der Waals surface area contributed by atoms with Gasteiger partial charge in [-0.1, -0.05) is 15.9 Å². The highest BCUT2D eigenvalue weighted by Gasteiger charge is 2.15. The van der Waals surface area contributed by atoms with Crippen LogP contribution < -0.4 is 0 Å². The molecule has 0 saturated heterocycles. The molecule has 19 heavy (non-hydrogen) atoms. The normalized spacial score (nSPS) is 10.5. The second-order valence-electron chi connectivity index (χ2n) is 3.96. The Bertz CT molecular complexity index is 641. The molecule has 0 spiro atoms. The van der Waals surface area contributed by atoms with Gasteiger partial charge in [-0.15, -0.1) is 0 Å². The molecule has 2 rings (SSSR count). The number of halogens is 4. The summed E-state index contributed by atoms with van der Waals surface area (Å²) in [6.45, 7) is 0. The van der Waals surface area contributed by atoms with Crippen molar-refractivity contribution >= 4 is 21.7 Å². The summed E-state index contributed by atoms with van der Waals surface area (Å²) in [7, 11) is 0. The van der Waals surface area contributed by atoms with Crippen molar-refractivity contribution in [2.24, 2.45) is 0 Å². The minimum atomic E-state index is -0.818. The zero-order valence-electron chi connectivity index (χ0n) is 9.59. The van der Waals surface area contributed by atoms with Crippen LogP contribution in [-0.4, -0.2) is 5.78 Å². The van der Waals surface area contributed by atoms with Crippen LogP contribution in [0.1, 0.15) is 15.9 Å². The lowest BCUT2D eigenvalue weighted by molar-refractivity contribution is 0.0987. The second kappa shape index (κ2) is 5.57. The SMILES string of the molecule is O=C(Cc1cc(Br)ccc1F)c1cc(F)ccc1F. The number of carbonyl (C=O) groups excluding carboxylic acids is 1. The van der Waals surface area contributed by atoms with Crippen LogP contribution in [0.4, 0.5) is 13.2 Å². The fraction of sp³-hybridized carbons (Fsp3) is 0.0714. The quantitative estimate of drug-likeness (QED) is 0.768. The van der Waals surface area contributed by atoms with E-state index in [4.69, 9.17) is 0 Å². The molecule has 0 N–H and O–H groups in total. The van der Waals surface area contributed by atoms with Gasteiger partial charge in [0.05, 0.1) is 5.56 Å². The van der Waals surface area contributed by atoms with Crippen molar-refractivity contribution in [3.8, 4) is 0 Å². The Morgan fingerprint density at radius 1 is 1.00 bits per heavy atom. The second-order valence-corrected chi connectivity index (χ2v) is 4.88. The lowest BCUT2D eigenvalue weighted by Gasteiger charge is -2.05. The Morgan fingerprint density at radius 2 is 1.68 bits per heavy atom. The molecule has 0 bridgehead atoms. The van der Waals surface area contributed by atoms with Crippen LogP contribution in [0.15, 0.2) is 40.9 Å². The number of rotatable bonds is 3. The van der Waals surface area contributed by atoms with E-state index in [1.165, 1.54) is 18.2 Å². The first-order chi connectivity index (χ1) is 8.97. The van der Waals surface area contributed by atoms with Gasteiger partial charge < -0.3 is 0 Å². The van der Waals surface area contributed by atoms with Crippen molar-refractivity contribution in [3.63, 3.8) is 0 Å². The number of benzene rings is 2. The van der Waals surface area contributed by atoms with Crippen LogP contribution in [0.2, 0.25) is 0 Å². The fourth-order valence-electron chi connectivity index (χ4n) is 1.66. The summed E-state index contributed by atoms with van der Waals surface area (Å²) in [6.07, 6.45) is -0.328. The van der Waals surface area contributed by atoms with E-state index in [1.54, 1.807) is 0 Å². The Balaban J connectivity index is 2.30. The summed E-state index contributed by atoms with van der Waals surface area (Å²) in [5, 5.41) is 0. The molecule has 0 aliphatic rings. The molecule has 1 nitrogen and oxygen atoms in total. The lowest BCUT2D eigenvalue weighted by atomic mass is 10.0. The molecule has 5 heteroatoms. The first-order valence-corrected chi connectivity index (χ1v) is 6.19. The molecule has 0 saturated carbocycles. The van der Waals surface area contributed by atoms with Gasteiger partial charge in [0.25, 0.3) is 0 Å². The highest BCUT2D eigenvalue weighted by molar-refractivity contribution is 9.10. The van der Waals surface area contributed by atoms with Crippen molar-refractivity contribution in [2.45, 2.75) is 6.42 Å². The van der Waals surface area contributed by atoms with Crippen LogP contribution in [0.25, 0.3) is 0 Å². The third kappa shape index (κ3) is 3.23. The maximum Gasteiger partial charge on any atom is 0.170 e. The van der Waals surface area contributed by atoms with Gasteiger partial charge in [-0.2, -0.15) is 0 Å². The van der Waals surface area contributed by atoms with Gasteiger partial charge in [-0.25, -0.2) is 13.2 Å². The van der Waals surface area contributed by atoms with E-state index in [9.17, 15) is 18.0 Å². The number of hydrogen-bond acceptors (Lipinski definition) is 1. The first kappa shape index (κ1) is 13.8. The molecule has 0 aliphatic carbocycles. The zero-order valence-corrected chi connectivity index (χ0v) is 11.2. The van der Waals surface area contributed by atoms with E-state index < -0.39 is 23.2 Å². The number of carbonyl (C=O) groups is 1. The van der Waals surface area contributed by atoms with Crippen LogP contribution in [-0.2, 0) is 6.42 Å². The molecule has 0 atom stereocenters. The van der Waals surface area contributed by atoms with E-state index in [0.29, 0.717) is 4.47 Å². The third-order valence-corrected chi connectivity index (χ3v) is 3.08. The Labute approximate surface area is 116 Å². The summed E-state index contributed by atoms with van der Waals surface area (Å²) in [5.74, 6) is -2.76. The van der Waals surface area contributed by atoms with Gasteiger partial charge >= 0.3 is 0 Å². The molecule has 0 unspecified atom stereocenters. The van der Waals surface area contributed by atoms with Crippen LogP contribution in [0, 0.1) is 17.5 Å². The van der Waals surface area contributed by atoms with E-state index in [0.717, 1.165) is 18.2 Å². The minimum absolute atomic E-state index is 0.128. The van der Waals surface area contributed by atoms with Crippen molar-refractivity contribution < 1.29 is 18.0 Å². The summed E-state index contributed by atoms with van der Waals surface area (Å²) >= 11 is 3.16. The smallest absolute Gasteiger partial charge is 0.170 e. The van der Waals surface area contributed by atoms with Gasteiger partial charge in [0.1, 0.15) is 17.5 Å². The van der Waals surface area contributed by atoms with Crippen molar-refractivity contribution in [1.29, 1.82) is 0 Å². The molecule has 2 aromatic rings. The lowest BCUT2D eigenvalue weighted by Crippen LogP contribution is -2.08. The van der Waals surface area contributed by atoms with Gasteiger partial charge in [0, 0.05) is 10.9 Å². The average Bonchev–Trinajstić information content (AvgIpc) is 2.36. The molecular weight excluding hydrogens is 321 g/mol. The summed E-state index contributed by atoms with van der Waals surface area (Å²) < 4.78 is 40.5. The predicted octanol–water partition coefficient (Wildman–Crippen LogP) is 4.29. The third-order valence-electron chi connectivity index (χ3n) is 2.59. The molecule has 98 valence electrons. The summed E-state index contributed by atoms with van der Waals surface area (Å²) in [5.41, 5.74) is -0.248. The monoisotopic (exact) mass is 328 g/mol. The Hall–Kier alpha value is -1.62. The fourth-order valence-corrected chi connectivity index (χ4v) is 2.07. The largest absolute Gasteiger partial charge is 0.294 e. The van der Waals surface area contributed by atoms with Gasteiger partial charge in [0.2, 0.25) is 0 Å². The number of Topliss-reactive ketones (excluding diaryl/α,β-unsaturated/α-hetero) is 1. The zero-order chi connectivity index (χ0) is 14.0. The Kier molecular flexibility index (Phi) is 4.04. The number of ketones is 1. The average molecular weight is 329 g/mol. The number of hydrogen-bond donors (Lipinski definition) is 0. The molecule has 0 heterocycles.